The molecule has 0 atom stereocenters. The maximum atomic E-state index is 14.5. The number of aromatic nitrogens is 1. The summed E-state index contributed by atoms with van der Waals surface area (Å²) in [4.78, 5) is 24.7. The molecule has 5 nitrogen and oxygen atoms in total. The second-order valence-electron chi connectivity index (χ2n) is 5.92. The van der Waals surface area contributed by atoms with Crippen molar-refractivity contribution in [2.75, 3.05) is 6.61 Å². The van der Waals surface area contributed by atoms with Gasteiger partial charge in [-0.1, -0.05) is 0 Å². The van der Waals surface area contributed by atoms with Crippen molar-refractivity contribution in [3.8, 4) is 5.69 Å². The predicted octanol–water partition coefficient (Wildman–Crippen LogP) is 3.14. The Kier molecular flexibility index (Phi) is 5.16. The highest BCUT2D eigenvalue weighted by Gasteiger charge is 2.27. The quantitative estimate of drug-likeness (QED) is 0.271. The lowest BCUT2D eigenvalue weighted by atomic mass is 10.0. The average Bonchev–Trinajstić information content (AvgIpc) is 3.28. The number of rotatable bonds is 7. The SMILES string of the molecule is CCOC(=O)/C(=C/NC1CC1)C(=O)c1cc(F)c(-n2cccc2)cc1F. The van der Waals surface area contributed by atoms with Crippen molar-refractivity contribution < 1.29 is 23.1 Å². The molecule has 1 aromatic heterocycles. The summed E-state index contributed by atoms with van der Waals surface area (Å²) in [6, 6.07) is 5.25. The van der Waals surface area contributed by atoms with Gasteiger partial charge in [-0.25, -0.2) is 13.6 Å². The Morgan fingerprint density at radius 1 is 1.23 bits per heavy atom. The van der Waals surface area contributed by atoms with Crippen LogP contribution < -0.4 is 5.32 Å². The van der Waals surface area contributed by atoms with Crippen LogP contribution in [0.4, 0.5) is 8.78 Å². The summed E-state index contributed by atoms with van der Waals surface area (Å²) in [5.74, 6) is -3.49. The molecule has 1 aliphatic rings. The molecular weight excluding hydrogens is 342 g/mol. The van der Waals surface area contributed by atoms with E-state index in [4.69, 9.17) is 4.74 Å². The lowest BCUT2D eigenvalue weighted by Gasteiger charge is -2.11. The molecule has 0 spiro atoms. The number of ketones is 1. The standard InChI is InChI=1S/C19H18F2N2O3/c1-2-26-19(25)14(11-22-12-5-6-12)18(24)13-9-16(21)17(10-15(13)20)23-7-3-4-8-23/h3-4,7-12,22H,2,5-6H2,1H3/b14-11+. The van der Waals surface area contributed by atoms with Crippen LogP contribution >= 0.6 is 0 Å². The van der Waals surface area contributed by atoms with E-state index in [1.165, 1.54) is 10.8 Å². The van der Waals surface area contributed by atoms with Gasteiger partial charge in [-0.15, -0.1) is 0 Å². The number of nitrogens with zero attached hydrogens (tertiary/aromatic N) is 1. The van der Waals surface area contributed by atoms with Gasteiger partial charge in [0.2, 0.25) is 5.78 Å². The van der Waals surface area contributed by atoms with Crippen molar-refractivity contribution in [3.05, 3.63) is 65.6 Å². The van der Waals surface area contributed by atoms with Crippen LogP contribution in [-0.2, 0) is 9.53 Å². The largest absolute Gasteiger partial charge is 0.462 e. The van der Waals surface area contributed by atoms with E-state index in [1.807, 2.05) is 0 Å². The molecule has 0 amide bonds. The summed E-state index contributed by atoms with van der Waals surface area (Å²) < 4.78 is 35.1. The highest BCUT2D eigenvalue weighted by atomic mass is 19.1. The monoisotopic (exact) mass is 360 g/mol. The molecular formula is C19H18F2N2O3. The molecule has 0 radical (unpaired) electrons. The molecule has 0 aliphatic heterocycles. The molecule has 136 valence electrons. The molecule has 0 bridgehead atoms. The summed E-state index contributed by atoms with van der Waals surface area (Å²) in [6.07, 6.45) is 6.20. The number of halogens is 2. The average molecular weight is 360 g/mol. The zero-order valence-corrected chi connectivity index (χ0v) is 14.2. The van der Waals surface area contributed by atoms with Gasteiger partial charge in [0.05, 0.1) is 17.9 Å². The van der Waals surface area contributed by atoms with Gasteiger partial charge in [-0.3, -0.25) is 4.79 Å². The van der Waals surface area contributed by atoms with E-state index in [0.29, 0.717) is 0 Å². The van der Waals surface area contributed by atoms with Gasteiger partial charge in [-0.05, 0) is 38.0 Å². The predicted molar refractivity (Wildman–Crippen MR) is 90.9 cm³/mol. The number of hydrogen-bond acceptors (Lipinski definition) is 4. The lowest BCUT2D eigenvalue weighted by molar-refractivity contribution is -0.138. The Morgan fingerprint density at radius 2 is 1.92 bits per heavy atom. The van der Waals surface area contributed by atoms with Crippen molar-refractivity contribution in [3.63, 3.8) is 0 Å². The number of nitrogens with one attached hydrogen (secondary N) is 1. The molecule has 1 aliphatic carbocycles. The molecule has 1 heterocycles. The first kappa shape index (κ1) is 17.8. The van der Waals surface area contributed by atoms with Crippen molar-refractivity contribution in [1.29, 1.82) is 0 Å². The van der Waals surface area contributed by atoms with Crippen molar-refractivity contribution in [2.45, 2.75) is 25.8 Å². The van der Waals surface area contributed by atoms with Crippen LogP contribution in [0.3, 0.4) is 0 Å². The summed E-state index contributed by atoms with van der Waals surface area (Å²) in [5, 5.41) is 2.91. The minimum absolute atomic E-state index is 0.0261. The number of benzene rings is 1. The minimum atomic E-state index is -0.924. The first-order chi connectivity index (χ1) is 12.5. The van der Waals surface area contributed by atoms with Crippen LogP contribution in [0.2, 0.25) is 0 Å². The van der Waals surface area contributed by atoms with E-state index in [0.717, 1.165) is 25.0 Å². The number of carbonyl (C=O) groups is 2. The summed E-state index contributed by atoms with van der Waals surface area (Å²) in [6.45, 7) is 1.66. The Hall–Kier alpha value is -2.96. The Balaban J connectivity index is 1.94. The van der Waals surface area contributed by atoms with E-state index in [9.17, 15) is 18.4 Å². The second kappa shape index (κ2) is 7.51. The van der Waals surface area contributed by atoms with E-state index in [2.05, 4.69) is 5.32 Å². The zero-order valence-electron chi connectivity index (χ0n) is 14.2. The van der Waals surface area contributed by atoms with E-state index in [1.54, 1.807) is 31.5 Å². The number of carbonyl (C=O) groups excluding carboxylic acids is 2. The summed E-state index contributed by atoms with van der Waals surface area (Å²) in [7, 11) is 0. The van der Waals surface area contributed by atoms with Crippen LogP contribution in [0.1, 0.15) is 30.1 Å². The van der Waals surface area contributed by atoms with Crippen molar-refractivity contribution in [2.24, 2.45) is 0 Å². The molecule has 26 heavy (non-hydrogen) atoms. The second-order valence-corrected chi connectivity index (χ2v) is 5.92. The van der Waals surface area contributed by atoms with Gasteiger partial charge >= 0.3 is 5.97 Å². The summed E-state index contributed by atoms with van der Waals surface area (Å²) >= 11 is 0. The van der Waals surface area contributed by atoms with Crippen LogP contribution in [0.15, 0.2) is 48.4 Å². The van der Waals surface area contributed by atoms with Gasteiger partial charge in [0.15, 0.2) is 0 Å². The maximum absolute atomic E-state index is 14.5. The fourth-order valence-electron chi connectivity index (χ4n) is 2.43. The van der Waals surface area contributed by atoms with Gasteiger partial charge in [-0.2, -0.15) is 0 Å². The molecule has 2 aromatic rings. The molecule has 1 saturated carbocycles. The molecule has 7 heteroatoms. The highest BCUT2D eigenvalue weighted by molar-refractivity contribution is 6.24. The van der Waals surface area contributed by atoms with Crippen LogP contribution in [0.25, 0.3) is 5.69 Å². The zero-order chi connectivity index (χ0) is 18.7. The molecule has 0 saturated heterocycles. The fourth-order valence-corrected chi connectivity index (χ4v) is 2.43. The van der Waals surface area contributed by atoms with Crippen LogP contribution in [-0.4, -0.2) is 29.0 Å². The maximum Gasteiger partial charge on any atom is 0.343 e. The van der Waals surface area contributed by atoms with E-state index >= 15 is 0 Å². The Bertz CT molecular complexity index is 856. The Morgan fingerprint density at radius 3 is 2.54 bits per heavy atom. The van der Waals surface area contributed by atoms with Crippen molar-refractivity contribution >= 4 is 11.8 Å². The van der Waals surface area contributed by atoms with E-state index < -0.39 is 29.0 Å². The molecule has 1 fully saturated rings. The molecule has 1 N–H and O–H groups in total. The summed E-state index contributed by atoms with van der Waals surface area (Å²) in [5.41, 5.74) is -0.900. The molecule has 3 rings (SSSR count). The van der Waals surface area contributed by atoms with Gasteiger partial charge in [0, 0.05) is 30.7 Å². The first-order valence-corrected chi connectivity index (χ1v) is 8.31. The number of esters is 1. The highest BCUT2D eigenvalue weighted by Crippen LogP contribution is 2.23. The van der Waals surface area contributed by atoms with Gasteiger partial charge < -0.3 is 14.6 Å². The van der Waals surface area contributed by atoms with Gasteiger partial charge in [0.1, 0.15) is 17.2 Å². The number of hydrogen-bond donors (Lipinski definition) is 1. The fraction of sp³-hybridized carbons (Fsp3) is 0.263. The minimum Gasteiger partial charge on any atom is -0.462 e. The van der Waals surface area contributed by atoms with Crippen LogP contribution in [0, 0.1) is 11.6 Å². The molecule has 1 aromatic carbocycles. The third-order valence-corrected chi connectivity index (χ3v) is 3.94. The third-order valence-electron chi connectivity index (χ3n) is 3.94. The normalized spacial score (nSPS) is 14.2. The smallest absolute Gasteiger partial charge is 0.343 e. The lowest BCUT2D eigenvalue weighted by Crippen LogP contribution is -2.21. The van der Waals surface area contributed by atoms with E-state index in [-0.39, 0.29) is 23.9 Å². The van der Waals surface area contributed by atoms with Gasteiger partial charge in [0.25, 0.3) is 0 Å². The number of Topliss-reactive ketones (excluding diaryl/α,β-unsaturated/α-hetero) is 1. The third kappa shape index (κ3) is 3.82. The molecule has 0 unspecified atom stereocenters. The Labute approximate surface area is 149 Å². The topological polar surface area (TPSA) is 60.3 Å². The number of ether oxygens (including phenoxy) is 1. The van der Waals surface area contributed by atoms with Crippen molar-refractivity contribution in [1.82, 2.24) is 9.88 Å². The van der Waals surface area contributed by atoms with Crippen LogP contribution in [0.5, 0.6) is 0 Å². The first-order valence-electron chi connectivity index (χ1n) is 8.31.